The molecule has 1 aromatic carbocycles. The molecule has 0 bridgehead atoms. The molecule has 5 nitrogen and oxygen atoms in total. The van der Waals surface area contributed by atoms with Gasteiger partial charge >= 0.3 is 11.9 Å². The van der Waals surface area contributed by atoms with Crippen molar-refractivity contribution in [1.82, 2.24) is 0 Å². The minimum atomic E-state index is -1.77. The van der Waals surface area contributed by atoms with Crippen molar-refractivity contribution in [3.05, 3.63) is 29.3 Å². The number of benzene rings is 1. The first-order valence-corrected chi connectivity index (χ1v) is 6.11. The quantitative estimate of drug-likeness (QED) is 0.809. The highest BCUT2D eigenvalue weighted by molar-refractivity contribution is 6.00. The van der Waals surface area contributed by atoms with E-state index in [9.17, 15) is 19.8 Å². The zero-order chi connectivity index (χ0) is 14.2. The minimum Gasteiger partial charge on any atom is -0.491 e. The van der Waals surface area contributed by atoms with Crippen LogP contribution in [0.25, 0.3) is 0 Å². The Kier molecular flexibility index (Phi) is 3.22. The van der Waals surface area contributed by atoms with Gasteiger partial charge in [0, 0.05) is 6.42 Å². The van der Waals surface area contributed by atoms with E-state index in [2.05, 4.69) is 0 Å². The molecule has 102 valence electrons. The van der Waals surface area contributed by atoms with Gasteiger partial charge in [0.1, 0.15) is 5.75 Å². The van der Waals surface area contributed by atoms with Crippen molar-refractivity contribution in [2.24, 2.45) is 5.41 Å². The molecule has 0 atom stereocenters. The molecule has 1 aromatic rings. The Morgan fingerprint density at radius 1 is 1.21 bits per heavy atom. The number of ether oxygens (including phenoxy) is 1. The van der Waals surface area contributed by atoms with Crippen LogP contribution in [0.15, 0.2) is 18.2 Å². The van der Waals surface area contributed by atoms with Crippen LogP contribution in [0.5, 0.6) is 5.75 Å². The number of hydrogen-bond acceptors (Lipinski definition) is 3. The predicted octanol–water partition coefficient (Wildman–Crippen LogP) is 1.73. The lowest BCUT2D eigenvalue weighted by atomic mass is 9.85. The molecule has 0 aromatic heterocycles. The fourth-order valence-electron chi connectivity index (χ4n) is 2.43. The summed E-state index contributed by atoms with van der Waals surface area (Å²) in [4.78, 5) is 22.7. The van der Waals surface area contributed by atoms with Crippen LogP contribution in [0, 0.1) is 5.41 Å². The molecule has 0 radical (unpaired) electrons. The maximum absolute atomic E-state index is 11.3. The largest absolute Gasteiger partial charge is 0.491 e. The van der Waals surface area contributed by atoms with E-state index in [-0.39, 0.29) is 18.9 Å². The van der Waals surface area contributed by atoms with Gasteiger partial charge < -0.3 is 14.9 Å². The molecule has 1 aliphatic carbocycles. The van der Waals surface area contributed by atoms with Gasteiger partial charge in [0.25, 0.3) is 0 Å². The first kappa shape index (κ1) is 13.4. The molecule has 0 saturated heterocycles. The molecule has 19 heavy (non-hydrogen) atoms. The molecule has 0 heterocycles. The van der Waals surface area contributed by atoms with Crippen LogP contribution in [0.1, 0.15) is 25.0 Å². The smallest absolute Gasteiger partial charge is 0.321 e. The normalized spacial score (nSPS) is 16.2. The van der Waals surface area contributed by atoms with Gasteiger partial charge in [0.2, 0.25) is 0 Å². The van der Waals surface area contributed by atoms with Crippen molar-refractivity contribution < 1.29 is 24.5 Å². The lowest BCUT2D eigenvalue weighted by Gasteiger charge is -2.18. The van der Waals surface area contributed by atoms with E-state index in [4.69, 9.17) is 4.74 Å². The standard InChI is InChI=1S/C14H16O5/c1-8(2)19-11-5-3-4-9-6-14(12(15)16,13(17)18)7-10(9)11/h3-5,8H,6-7H2,1-2H3,(H,15,16)(H,17,18). The highest BCUT2D eigenvalue weighted by Gasteiger charge is 2.51. The summed E-state index contributed by atoms with van der Waals surface area (Å²) in [6.45, 7) is 3.74. The summed E-state index contributed by atoms with van der Waals surface area (Å²) in [7, 11) is 0. The predicted molar refractivity (Wildman–Crippen MR) is 67.3 cm³/mol. The van der Waals surface area contributed by atoms with Crippen molar-refractivity contribution in [3.8, 4) is 5.75 Å². The Hall–Kier alpha value is -2.04. The van der Waals surface area contributed by atoms with Crippen molar-refractivity contribution >= 4 is 11.9 Å². The molecule has 0 amide bonds. The maximum Gasteiger partial charge on any atom is 0.321 e. The molecule has 2 N–H and O–H groups in total. The molecule has 0 spiro atoms. The second kappa shape index (κ2) is 4.57. The zero-order valence-corrected chi connectivity index (χ0v) is 10.8. The molecule has 0 unspecified atom stereocenters. The molecule has 0 fully saturated rings. The summed E-state index contributed by atoms with van der Waals surface area (Å²) in [6, 6.07) is 5.27. The number of rotatable bonds is 4. The van der Waals surface area contributed by atoms with Crippen molar-refractivity contribution in [1.29, 1.82) is 0 Å². The van der Waals surface area contributed by atoms with Crippen LogP contribution >= 0.6 is 0 Å². The third kappa shape index (κ3) is 2.16. The summed E-state index contributed by atoms with van der Waals surface area (Å²) < 4.78 is 5.62. The third-order valence-corrected chi connectivity index (χ3v) is 3.38. The SMILES string of the molecule is CC(C)Oc1cccc2c1CC(C(=O)O)(C(=O)O)C2. The topological polar surface area (TPSA) is 83.8 Å². The highest BCUT2D eigenvalue weighted by atomic mass is 16.5. The Morgan fingerprint density at radius 2 is 1.84 bits per heavy atom. The van der Waals surface area contributed by atoms with Gasteiger partial charge in [-0.1, -0.05) is 12.1 Å². The maximum atomic E-state index is 11.3. The van der Waals surface area contributed by atoms with Gasteiger partial charge in [-0.15, -0.1) is 0 Å². The fraction of sp³-hybridized carbons (Fsp3) is 0.429. The average molecular weight is 264 g/mol. The van der Waals surface area contributed by atoms with Crippen LogP contribution in [-0.4, -0.2) is 28.3 Å². The Balaban J connectivity index is 2.44. The van der Waals surface area contributed by atoms with E-state index in [1.54, 1.807) is 18.2 Å². The van der Waals surface area contributed by atoms with E-state index in [1.807, 2.05) is 13.8 Å². The highest BCUT2D eigenvalue weighted by Crippen LogP contribution is 2.42. The van der Waals surface area contributed by atoms with E-state index in [0.29, 0.717) is 11.3 Å². The van der Waals surface area contributed by atoms with E-state index in [1.165, 1.54) is 0 Å². The monoisotopic (exact) mass is 264 g/mol. The summed E-state index contributed by atoms with van der Waals surface area (Å²) in [5.74, 6) is -2.02. The van der Waals surface area contributed by atoms with Crippen LogP contribution in [0.2, 0.25) is 0 Å². The Labute approximate surface area is 110 Å². The van der Waals surface area contributed by atoms with Crippen LogP contribution in [0.3, 0.4) is 0 Å². The fourth-order valence-corrected chi connectivity index (χ4v) is 2.43. The van der Waals surface area contributed by atoms with Crippen molar-refractivity contribution in [3.63, 3.8) is 0 Å². The van der Waals surface area contributed by atoms with Crippen LogP contribution in [0.4, 0.5) is 0 Å². The van der Waals surface area contributed by atoms with Gasteiger partial charge in [-0.25, -0.2) is 0 Å². The Bertz CT molecular complexity index is 519. The molecular weight excluding hydrogens is 248 g/mol. The van der Waals surface area contributed by atoms with Gasteiger partial charge in [-0.3, -0.25) is 9.59 Å². The molecule has 0 saturated carbocycles. The number of fused-ring (bicyclic) bond motifs is 1. The zero-order valence-electron chi connectivity index (χ0n) is 10.8. The summed E-state index contributed by atoms with van der Waals surface area (Å²) in [5.41, 5.74) is -0.331. The number of aliphatic carboxylic acids is 2. The second-order valence-electron chi connectivity index (χ2n) is 5.11. The van der Waals surface area contributed by atoms with Gasteiger partial charge in [0.15, 0.2) is 5.41 Å². The minimum absolute atomic E-state index is 0.00228. The first-order valence-electron chi connectivity index (χ1n) is 6.11. The first-order chi connectivity index (χ1) is 8.86. The number of carboxylic acid groups (broad SMARTS) is 2. The molecule has 1 aliphatic rings. The lowest BCUT2D eigenvalue weighted by molar-refractivity contribution is -0.163. The van der Waals surface area contributed by atoms with Gasteiger partial charge in [-0.05, 0) is 37.5 Å². The Morgan fingerprint density at radius 3 is 2.37 bits per heavy atom. The second-order valence-corrected chi connectivity index (χ2v) is 5.11. The number of hydrogen-bond donors (Lipinski definition) is 2. The van der Waals surface area contributed by atoms with E-state index in [0.717, 1.165) is 5.56 Å². The van der Waals surface area contributed by atoms with E-state index < -0.39 is 17.4 Å². The molecule has 0 aliphatic heterocycles. The lowest BCUT2D eigenvalue weighted by Crippen LogP contribution is -2.40. The van der Waals surface area contributed by atoms with Crippen LogP contribution in [-0.2, 0) is 22.4 Å². The van der Waals surface area contributed by atoms with Crippen molar-refractivity contribution in [2.45, 2.75) is 32.8 Å². The van der Waals surface area contributed by atoms with Crippen LogP contribution < -0.4 is 4.74 Å². The number of carboxylic acids is 2. The average Bonchev–Trinajstić information content (AvgIpc) is 2.70. The third-order valence-electron chi connectivity index (χ3n) is 3.38. The van der Waals surface area contributed by atoms with E-state index >= 15 is 0 Å². The summed E-state index contributed by atoms with van der Waals surface area (Å²) in [6.07, 6.45) is -0.0748. The molecular formula is C14H16O5. The molecule has 5 heteroatoms. The van der Waals surface area contributed by atoms with Crippen molar-refractivity contribution in [2.75, 3.05) is 0 Å². The summed E-state index contributed by atoms with van der Waals surface area (Å²) >= 11 is 0. The summed E-state index contributed by atoms with van der Waals surface area (Å²) in [5, 5.41) is 18.5. The number of carbonyl (C=O) groups is 2. The van der Waals surface area contributed by atoms with Gasteiger partial charge in [0.05, 0.1) is 6.10 Å². The van der Waals surface area contributed by atoms with Gasteiger partial charge in [-0.2, -0.15) is 0 Å². The molecule has 2 rings (SSSR count).